The van der Waals surface area contributed by atoms with E-state index in [1.54, 1.807) is 0 Å². The van der Waals surface area contributed by atoms with Gasteiger partial charge in [-0.05, 0) is 24.3 Å². The van der Waals surface area contributed by atoms with Gasteiger partial charge in [0, 0.05) is 11.6 Å². The molecule has 1 aromatic carbocycles. The molecular weight excluding hydrogens is 262 g/mol. The molecule has 0 radical (unpaired) electrons. The van der Waals surface area contributed by atoms with Crippen molar-refractivity contribution >= 4 is 22.3 Å². The van der Waals surface area contributed by atoms with Gasteiger partial charge < -0.3 is 14.0 Å². The molecule has 0 aliphatic carbocycles. The van der Waals surface area contributed by atoms with Gasteiger partial charge >= 0.3 is 16.3 Å². The molecular formula is C10H11NO6S. The van der Waals surface area contributed by atoms with Crippen LogP contribution in [0.4, 0.5) is 0 Å². The summed E-state index contributed by atoms with van der Waals surface area (Å²) in [6.07, 6.45) is 2.27. The van der Waals surface area contributed by atoms with E-state index in [9.17, 15) is 18.3 Å². The number of phenolic OH excluding ortho intramolecular Hbond substituents is 1. The predicted molar refractivity (Wildman–Crippen MR) is 62.9 cm³/mol. The van der Waals surface area contributed by atoms with E-state index < -0.39 is 16.3 Å². The van der Waals surface area contributed by atoms with Crippen molar-refractivity contribution in [2.24, 2.45) is 5.14 Å². The molecule has 1 aromatic rings. The molecule has 0 aliphatic heterocycles. The van der Waals surface area contributed by atoms with Crippen LogP contribution in [0.5, 0.6) is 11.5 Å². The number of carbonyl (C=O) groups is 1. The maximum Gasteiger partial charge on any atom is 0.380 e. The summed E-state index contributed by atoms with van der Waals surface area (Å²) in [5.41, 5.74) is 0.162. The second-order valence-electron chi connectivity index (χ2n) is 3.15. The van der Waals surface area contributed by atoms with Crippen molar-refractivity contribution in [3.8, 4) is 11.5 Å². The third-order valence-electron chi connectivity index (χ3n) is 1.80. The minimum atomic E-state index is -4.19. The van der Waals surface area contributed by atoms with E-state index in [0.29, 0.717) is 0 Å². The number of ether oxygens (including phenoxy) is 1. The van der Waals surface area contributed by atoms with Crippen LogP contribution < -0.4 is 9.32 Å². The Morgan fingerprint density at radius 3 is 2.67 bits per heavy atom. The van der Waals surface area contributed by atoms with Crippen LogP contribution in [0.3, 0.4) is 0 Å². The first kappa shape index (κ1) is 14.0. The number of rotatable bonds is 4. The monoisotopic (exact) mass is 273 g/mol. The third-order valence-corrected chi connectivity index (χ3v) is 2.21. The molecule has 98 valence electrons. The Bertz CT molecular complexity index is 578. The number of hydrogen-bond acceptors (Lipinski definition) is 6. The molecule has 0 saturated carbocycles. The highest BCUT2D eigenvalue weighted by Crippen LogP contribution is 2.25. The fraction of sp³-hybridized carbons (Fsp3) is 0.100. The molecule has 0 aromatic heterocycles. The maximum atomic E-state index is 10.9. The normalized spacial score (nSPS) is 11.4. The lowest BCUT2D eigenvalue weighted by Gasteiger charge is -2.06. The van der Waals surface area contributed by atoms with Crippen molar-refractivity contribution in [2.75, 3.05) is 7.11 Å². The van der Waals surface area contributed by atoms with Gasteiger partial charge in [0.1, 0.15) is 5.75 Å². The molecule has 3 N–H and O–H groups in total. The van der Waals surface area contributed by atoms with Gasteiger partial charge in [0.2, 0.25) is 0 Å². The van der Waals surface area contributed by atoms with Crippen LogP contribution in [0.1, 0.15) is 5.56 Å². The molecule has 0 heterocycles. The van der Waals surface area contributed by atoms with E-state index in [2.05, 4.69) is 8.92 Å². The lowest BCUT2D eigenvalue weighted by Crippen LogP contribution is -2.19. The molecule has 0 spiro atoms. The average molecular weight is 273 g/mol. The van der Waals surface area contributed by atoms with E-state index in [1.807, 2.05) is 0 Å². The Balaban J connectivity index is 3.12. The number of carbonyl (C=O) groups excluding carboxylic acids is 1. The Labute approximate surface area is 104 Å². The minimum Gasteiger partial charge on any atom is -0.508 e. The highest BCUT2D eigenvalue weighted by molar-refractivity contribution is 7.84. The zero-order valence-corrected chi connectivity index (χ0v) is 10.2. The summed E-state index contributed by atoms with van der Waals surface area (Å²) in [6.45, 7) is 0. The molecule has 0 amide bonds. The lowest BCUT2D eigenvalue weighted by molar-refractivity contribution is -0.134. The van der Waals surface area contributed by atoms with E-state index in [1.165, 1.54) is 31.4 Å². The van der Waals surface area contributed by atoms with Crippen LogP contribution in [-0.2, 0) is 19.8 Å². The van der Waals surface area contributed by atoms with Gasteiger partial charge in [-0.3, -0.25) is 0 Å². The first-order valence-electron chi connectivity index (χ1n) is 4.63. The molecule has 18 heavy (non-hydrogen) atoms. The zero-order valence-electron chi connectivity index (χ0n) is 9.36. The number of esters is 1. The number of benzene rings is 1. The number of hydrogen-bond donors (Lipinski definition) is 2. The van der Waals surface area contributed by atoms with E-state index >= 15 is 0 Å². The van der Waals surface area contributed by atoms with E-state index in [-0.39, 0.29) is 17.1 Å². The van der Waals surface area contributed by atoms with Crippen LogP contribution >= 0.6 is 0 Å². The lowest BCUT2D eigenvalue weighted by atomic mass is 10.2. The quantitative estimate of drug-likeness (QED) is 0.596. The van der Waals surface area contributed by atoms with E-state index in [4.69, 9.17) is 5.14 Å². The van der Waals surface area contributed by atoms with Crippen molar-refractivity contribution < 1.29 is 27.2 Å². The predicted octanol–water partition coefficient (Wildman–Crippen LogP) is 0.161. The summed E-state index contributed by atoms with van der Waals surface area (Å²) in [7, 11) is -3.00. The first-order chi connectivity index (χ1) is 8.31. The van der Waals surface area contributed by atoms with E-state index in [0.717, 1.165) is 6.08 Å². The summed E-state index contributed by atoms with van der Waals surface area (Å²) < 4.78 is 30.5. The maximum absolute atomic E-state index is 10.9. The van der Waals surface area contributed by atoms with Gasteiger partial charge in [0.25, 0.3) is 0 Å². The molecule has 0 bridgehead atoms. The van der Waals surface area contributed by atoms with Gasteiger partial charge in [-0.25, -0.2) is 4.79 Å². The highest BCUT2D eigenvalue weighted by Gasteiger charge is 2.09. The summed E-state index contributed by atoms with van der Waals surface area (Å²) >= 11 is 0. The Hall–Kier alpha value is -2.06. The minimum absolute atomic E-state index is 0.115. The summed E-state index contributed by atoms with van der Waals surface area (Å²) in [4.78, 5) is 10.9. The van der Waals surface area contributed by atoms with Crippen LogP contribution in [0.25, 0.3) is 6.08 Å². The topological polar surface area (TPSA) is 116 Å². The van der Waals surface area contributed by atoms with Gasteiger partial charge in [0.15, 0.2) is 5.75 Å². The second-order valence-corrected chi connectivity index (χ2v) is 4.31. The van der Waals surface area contributed by atoms with Gasteiger partial charge in [-0.2, -0.15) is 13.6 Å². The molecule has 0 fully saturated rings. The number of phenols is 1. The van der Waals surface area contributed by atoms with Crippen LogP contribution in [0, 0.1) is 0 Å². The average Bonchev–Trinajstić information content (AvgIpc) is 2.27. The molecule has 0 unspecified atom stereocenters. The number of nitrogens with two attached hydrogens (primary N) is 1. The van der Waals surface area contributed by atoms with Crippen molar-refractivity contribution in [3.63, 3.8) is 0 Å². The molecule has 7 nitrogen and oxygen atoms in total. The smallest absolute Gasteiger partial charge is 0.380 e. The standard InChI is InChI=1S/C10H11NO6S/c1-16-10(13)5-2-7-6-8(12)3-4-9(7)17-18(11,14)15/h2-6,12H,1H3,(H2,11,14,15). The number of methoxy groups -OCH3 is 1. The second kappa shape index (κ2) is 5.52. The summed E-state index contributed by atoms with van der Waals surface area (Å²) in [6, 6.07) is 3.63. The van der Waals surface area contributed by atoms with Crippen molar-refractivity contribution in [1.82, 2.24) is 0 Å². The van der Waals surface area contributed by atoms with Crippen molar-refractivity contribution in [2.45, 2.75) is 0 Å². The van der Waals surface area contributed by atoms with Crippen molar-refractivity contribution in [3.05, 3.63) is 29.8 Å². The molecule has 8 heteroatoms. The highest BCUT2D eigenvalue weighted by atomic mass is 32.2. The Morgan fingerprint density at radius 2 is 2.11 bits per heavy atom. The summed E-state index contributed by atoms with van der Waals surface area (Å²) in [5, 5.41) is 14.0. The largest absolute Gasteiger partial charge is 0.508 e. The molecule has 0 aliphatic rings. The molecule has 0 saturated heterocycles. The Morgan fingerprint density at radius 1 is 1.44 bits per heavy atom. The fourth-order valence-electron chi connectivity index (χ4n) is 1.09. The molecule has 0 atom stereocenters. The van der Waals surface area contributed by atoms with Crippen LogP contribution in [0.2, 0.25) is 0 Å². The zero-order chi connectivity index (χ0) is 13.8. The van der Waals surface area contributed by atoms with Gasteiger partial charge in [-0.1, -0.05) is 0 Å². The SMILES string of the molecule is COC(=O)C=Cc1cc(O)ccc1OS(N)(=O)=O. The van der Waals surface area contributed by atoms with Crippen LogP contribution in [-0.4, -0.2) is 26.6 Å². The molecule has 1 rings (SSSR count). The number of aromatic hydroxyl groups is 1. The summed E-state index contributed by atoms with van der Waals surface area (Å²) in [5.74, 6) is -0.878. The van der Waals surface area contributed by atoms with Crippen molar-refractivity contribution in [1.29, 1.82) is 0 Å². The fourth-order valence-corrected chi connectivity index (χ4v) is 1.50. The Kier molecular flexibility index (Phi) is 4.29. The van der Waals surface area contributed by atoms with Crippen LogP contribution in [0.15, 0.2) is 24.3 Å². The third kappa shape index (κ3) is 4.44. The first-order valence-corrected chi connectivity index (χ1v) is 6.10. The van der Waals surface area contributed by atoms with Gasteiger partial charge in [-0.15, -0.1) is 0 Å². The van der Waals surface area contributed by atoms with Gasteiger partial charge in [0.05, 0.1) is 7.11 Å².